The molecular formula is C24H32N2O4. The van der Waals surface area contributed by atoms with Crippen molar-refractivity contribution in [2.24, 2.45) is 5.92 Å². The lowest BCUT2D eigenvalue weighted by Gasteiger charge is -2.25. The molecule has 6 nitrogen and oxygen atoms in total. The van der Waals surface area contributed by atoms with Gasteiger partial charge in [-0.15, -0.1) is 0 Å². The van der Waals surface area contributed by atoms with Crippen molar-refractivity contribution in [3.63, 3.8) is 0 Å². The van der Waals surface area contributed by atoms with Gasteiger partial charge in [0.05, 0.1) is 20.3 Å². The third kappa shape index (κ3) is 5.53. The summed E-state index contributed by atoms with van der Waals surface area (Å²) >= 11 is 0. The second-order valence-electron chi connectivity index (χ2n) is 7.86. The Bertz CT molecular complexity index is 908. The molecule has 2 unspecified atom stereocenters. The van der Waals surface area contributed by atoms with Gasteiger partial charge in [0.2, 0.25) is 5.91 Å². The highest BCUT2D eigenvalue weighted by molar-refractivity contribution is 5.97. The molecule has 2 atom stereocenters. The van der Waals surface area contributed by atoms with Crippen molar-refractivity contribution in [3.05, 3.63) is 58.7 Å². The highest BCUT2D eigenvalue weighted by Gasteiger charge is 2.26. The van der Waals surface area contributed by atoms with Crippen LogP contribution in [0.15, 0.2) is 36.4 Å². The van der Waals surface area contributed by atoms with E-state index in [0.717, 1.165) is 16.7 Å². The van der Waals surface area contributed by atoms with Crippen LogP contribution in [0.5, 0.6) is 11.5 Å². The van der Waals surface area contributed by atoms with Crippen molar-refractivity contribution in [3.8, 4) is 11.5 Å². The van der Waals surface area contributed by atoms with Crippen LogP contribution in [0.2, 0.25) is 0 Å². The molecule has 0 radical (unpaired) electrons. The second-order valence-corrected chi connectivity index (χ2v) is 7.86. The van der Waals surface area contributed by atoms with Crippen molar-refractivity contribution in [2.45, 2.75) is 46.7 Å². The van der Waals surface area contributed by atoms with E-state index in [2.05, 4.69) is 10.6 Å². The van der Waals surface area contributed by atoms with Crippen LogP contribution in [-0.2, 0) is 4.79 Å². The molecule has 2 amide bonds. The summed E-state index contributed by atoms with van der Waals surface area (Å²) in [6, 6.07) is 10.1. The van der Waals surface area contributed by atoms with Gasteiger partial charge in [-0.1, -0.05) is 31.5 Å². The van der Waals surface area contributed by atoms with Crippen molar-refractivity contribution >= 4 is 11.8 Å². The fraction of sp³-hybridized carbons (Fsp3) is 0.417. The Balaban J connectivity index is 2.17. The zero-order valence-corrected chi connectivity index (χ0v) is 18.8. The van der Waals surface area contributed by atoms with E-state index < -0.39 is 6.04 Å². The molecule has 0 saturated heterocycles. The van der Waals surface area contributed by atoms with Crippen LogP contribution in [0.25, 0.3) is 0 Å². The van der Waals surface area contributed by atoms with Gasteiger partial charge >= 0.3 is 0 Å². The molecule has 2 rings (SSSR count). The first-order valence-electron chi connectivity index (χ1n) is 10.1. The average Bonchev–Trinajstić information content (AvgIpc) is 2.70. The Morgan fingerprint density at radius 3 is 2.10 bits per heavy atom. The lowest BCUT2D eigenvalue weighted by molar-refractivity contribution is -0.124. The molecule has 0 aliphatic rings. The number of amides is 2. The first-order chi connectivity index (χ1) is 14.2. The summed E-state index contributed by atoms with van der Waals surface area (Å²) in [5.41, 5.74) is 3.43. The number of carbonyl (C=O) groups is 2. The summed E-state index contributed by atoms with van der Waals surface area (Å²) in [7, 11) is 3.17. The molecule has 0 spiro atoms. The predicted molar refractivity (Wildman–Crippen MR) is 118 cm³/mol. The number of hydrogen-bond donors (Lipinski definition) is 2. The Morgan fingerprint density at radius 1 is 0.900 bits per heavy atom. The fourth-order valence-electron chi connectivity index (χ4n) is 3.39. The standard InChI is InChI=1S/C24H32N2O4/c1-14(2)22(26-23(27)18-10-8-9-15(3)11-18)24(28)25-17(5)19-13-21(30-7)20(29-6)12-16(19)4/h8-14,17,22H,1-7H3,(H,25,28)(H,26,27). The summed E-state index contributed by atoms with van der Waals surface area (Å²) < 4.78 is 10.7. The summed E-state index contributed by atoms with van der Waals surface area (Å²) in [5.74, 6) is 0.683. The minimum Gasteiger partial charge on any atom is -0.493 e. The van der Waals surface area contributed by atoms with E-state index in [1.165, 1.54) is 0 Å². The minimum absolute atomic E-state index is 0.0718. The zero-order chi connectivity index (χ0) is 22.4. The number of nitrogens with one attached hydrogen (secondary N) is 2. The van der Waals surface area contributed by atoms with Gasteiger partial charge in [0, 0.05) is 5.56 Å². The van der Waals surface area contributed by atoms with Gasteiger partial charge in [-0.3, -0.25) is 9.59 Å². The molecule has 0 aliphatic heterocycles. The average molecular weight is 413 g/mol. The number of methoxy groups -OCH3 is 2. The monoisotopic (exact) mass is 412 g/mol. The fourth-order valence-corrected chi connectivity index (χ4v) is 3.39. The van der Waals surface area contributed by atoms with Crippen LogP contribution in [0, 0.1) is 19.8 Å². The Morgan fingerprint density at radius 2 is 1.53 bits per heavy atom. The van der Waals surface area contributed by atoms with Crippen molar-refractivity contribution in [2.75, 3.05) is 14.2 Å². The van der Waals surface area contributed by atoms with Gasteiger partial charge in [-0.2, -0.15) is 0 Å². The summed E-state index contributed by atoms with van der Waals surface area (Å²) in [4.78, 5) is 25.7. The topological polar surface area (TPSA) is 76.7 Å². The third-order valence-electron chi connectivity index (χ3n) is 5.11. The first-order valence-corrected chi connectivity index (χ1v) is 10.1. The Hall–Kier alpha value is -3.02. The van der Waals surface area contributed by atoms with E-state index in [9.17, 15) is 9.59 Å². The number of ether oxygens (including phenoxy) is 2. The second kappa shape index (κ2) is 10.1. The predicted octanol–water partition coefficient (Wildman–Crippen LogP) is 3.95. The first kappa shape index (κ1) is 23.3. The molecule has 2 N–H and O–H groups in total. The largest absolute Gasteiger partial charge is 0.493 e. The van der Waals surface area contributed by atoms with E-state index in [4.69, 9.17) is 9.47 Å². The molecule has 0 fully saturated rings. The summed E-state index contributed by atoms with van der Waals surface area (Å²) in [5, 5.41) is 5.90. The van der Waals surface area contributed by atoms with Gasteiger partial charge in [0.15, 0.2) is 11.5 Å². The maximum absolute atomic E-state index is 13.0. The summed E-state index contributed by atoms with van der Waals surface area (Å²) in [6.07, 6.45) is 0. The van der Waals surface area contributed by atoms with E-state index in [1.807, 2.05) is 58.9 Å². The third-order valence-corrected chi connectivity index (χ3v) is 5.11. The van der Waals surface area contributed by atoms with E-state index in [1.54, 1.807) is 26.4 Å². The highest BCUT2D eigenvalue weighted by atomic mass is 16.5. The smallest absolute Gasteiger partial charge is 0.251 e. The molecule has 0 bridgehead atoms. The normalized spacial score (nSPS) is 12.8. The van der Waals surface area contributed by atoms with Crippen LogP contribution < -0.4 is 20.1 Å². The van der Waals surface area contributed by atoms with Crippen LogP contribution in [0.3, 0.4) is 0 Å². The highest BCUT2D eigenvalue weighted by Crippen LogP contribution is 2.32. The maximum Gasteiger partial charge on any atom is 0.251 e. The van der Waals surface area contributed by atoms with Gasteiger partial charge in [0.25, 0.3) is 5.91 Å². The van der Waals surface area contributed by atoms with Crippen LogP contribution in [0.1, 0.15) is 53.9 Å². The van der Waals surface area contributed by atoms with E-state index in [0.29, 0.717) is 17.1 Å². The molecule has 0 aliphatic carbocycles. The molecule has 2 aromatic rings. The zero-order valence-electron chi connectivity index (χ0n) is 18.8. The van der Waals surface area contributed by atoms with Gasteiger partial charge in [-0.25, -0.2) is 0 Å². The van der Waals surface area contributed by atoms with Gasteiger partial charge in [-0.05, 0) is 62.1 Å². The SMILES string of the molecule is COc1cc(C)c(C(C)NC(=O)C(NC(=O)c2cccc(C)c2)C(C)C)cc1OC. The Kier molecular flexibility index (Phi) is 7.86. The van der Waals surface area contributed by atoms with Gasteiger partial charge < -0.3 is 20.1 Å². The van der Waals surface area contributed by atoms with Gasteiger partial charge in [0.1, 0.15) is 6.04 Å². The molecule has 0 aromatic heterocycles. The van der Waals surface area contributed by atoms with E-state index >= 15 is 0 Å². The molecular weight excluding hydrogens is 380 g/mol. The Labute approximate surface area is 179 Å². The quantitative estimate of drug-likeness (QED) is 0.688. The van der Waals surface area contributed by atoms with Crippen molar-refractivity contribution < 1.29 is 19.1 Å². The number of aryl methyl sites for hydroxylation is 2. The molecule has 2 aromatic carbocycles. The van der Waals surface area contributed by atoms with Crippen molar-refractivity contribution in [1.82, 2.24) is 10.6 Å². The molecule has 6 heteroatoms. The van der Waals surface area contributed by atoms with Crippen molar-refractivity contribution in [1.29, 1.82) is 0 Å². The van der Waals surface area contributed by atoms with Crippen LogP contribution in [-0.4, -0.2) is 32.1 Å². The molecule has 162 valence electrons. The molecule has 30 heavy (non-hydrogen) atoms. The van der Waals surface area contributed by atoms with E-state index in [-0.39, 0.29) is 23.8 Å². The summed E-state index contributed by atoms with van der Waals surface area (Å²) in [6.45, 7) is 9.61. The number of carbonyl (C=O) groups excluding carboxylic acids is 2. The maximum atomic E-state index is 13.0. The molecule has 0 saturated carbocycles. The lowest BCUT2D eigenvalue weighted by atomic mass is 9.99. The number of benzene rings is 2. The van der Waals surface area contributed by atoms with Crippen LogP contribution in [0.4, 0.5) is 0 Å². The van der Waals surface area contributed by atoms with Crippen LogP contribution >= 0.6 is 0 Å². The molecule has 0 heterocycles. The number of rotatable bonds is 8. The lowest BCUT2D eigenvalue weighted by Crippen LogP contribution is -2.50. The minimum atomic E-state index is -0.652. The number of hydrogen-bond acceptors (Lipinski definition) is 4.